The van der Waals surface area contributed by atoms with Gasteiger partial charge in [-0.1, -0.05) is 36.4 Å². The first-order chi connectivity index (χ1) is 13.4. The number of nitrogens with one attached hydrogen (secondary N) is 1. The average molecular weight is 459 g/mol. The van der Waals surface area contributed by atoms with Crippen LogP contribution < -0.4 is 5.32 Å². The first kappa shape index (κ1) is 18.6. The van der Waals surface area contributed by atoms with Crippen molar-refractivity contribution in [3.63, 3.8) is 0 Å². The molecule has 142 valence electrons. The maximum absolute atomic E-state index is 11.3. The van der Waals surface area contributed by atoms with Crippen molar-refractivity contribution in [2.45, 2.75) is 6.42 Å². The van der Waals surface area contributed by atoms with Crippen LogP contribution in [0.15, 0.2) is 82.0 Å². The summed E-state index contributed by atoms with van der Waals surface area (Å²) in [7, 11) is -4.25. The van der Waals surface area contributed by atoms with Gasteiger partial charge in [0.2, 0.25) is 0 Å². The smallest absolute Gasteiger partial charge is 0.294 e. The molecule has 9 heteroatoms. The molecule has 0 aliphatic heterocycles. The lowest BCUT2D eigenvalue weighted by atomic mass is 10.1. The maximum Gasteiger partial charge on any atom is 0.294 e. The van der Waals surface area contributed by atoms with Crippen molar-refractivity contribution in [3.05, 3.63) is 82.0 Å². The van der Waals surface area contributed by atoms with Crippen molar-refractivity contribution in [2.24, 2.45) is 0 Å². The Bertz CT molecular complexity index is 1240. The molecule has 0 atom stereocenters. The molecule has 7 nitrogen and oxygen atoms in total. The monoisotopic (exact) mass is 458 g/mol. The maximum atomic E-state index is 11.3. The molecule has 0 saturated heterocycles. The molecule has 4 rings (SSSR count). The molecule has 3 aromatic rings. The van der Waals surface area contributed by atoms with E-state index in [9.17, 15) is 13.0 Å². The summed E-state index contributed by atoms with van der Waals surface area (Å²) >= 11 is 3.47. The molecule has 0 spiro atoms. The second-order valence-electron chi connectivity index (χ2n) is 6.09. The number of rotatable bonds is 4. The summed E-state index contributed by atoms with van der Waals surface area (Å²) in [4.78, 5) is 4.52. The van der Waals surface area contributed by atoms with Crippen LogP contribution in [0.25, 0.3) is 16.9 Å². The molecule has 0 fully saturated rings. The molecule has 2 heterocycles. The Morgan fingerprint density at radius 2 is 1.96 bits per heavy atom. The predicted molar refractivity (Wildman–Crippen MR) is 111 cm³/mol. The number of allylic oxidation sites excluding steroid dienone is 4. The largest absolute Gasteiger partial charge is 0.343 e. The fourth-order valence-electron chi connectivity index (χ4n) is 2.82. The number of nitrogens with zero attached hydrogens (tertiary/aromatic N) is 3. The van der Waals surface area contributed by atoms with Gasteiger partial charge in [0.25, 0.3) is 10.1 Å². The quantitative estimate of drug-likeness (QED) is 0.569. The zero-order valence-corrected chi connectivity index (χ0v) is 16.9. The fourth-order valence-corrected chi connectivity index (χ4v) is 3.68. The van der Waals surface area contributed by atoms with Gasteiger partial charge in [0.05, 0.1) is 21.3 Å². The van der Waals surface area contributed by atoms with Gasteiger partial charge in [0.1, 0.15) is 5.82 Å². The molecule has 0 unspecified atom stereocenters. The molecule has 2 aromatic heterocycles. The first-order valence-corrected chi connectivity index (χ1v) is 10.6. The second kappa shape index (κ2) is 7.34. The zero-order valence-electron chi connectivity index (χ0n) is 14.4. The SMILES string of the molecule is O=S(=O)(O)C1=CC=C(Nc2cc(-c3ccccc3)nc3c(Br)cnn23)CC=C1. The van der Waals surface area contributed by atoms with Gasteiger partial charge in [-0.15, -0.1) is 0 Å². The molecule has 1 aliphatic carbocycles. The summed E-state index contributed by atoms with van der Waals surface area (Å²) in [6, 6.07) is 11.7. The minimum absolute atomic E-state index is 0.156. The number of benzene rings is 1. The van der Waals surface area contributed by atoms with Crippen molar-refractivity contribution >= 4 is 37.5 Å². The molecule has 1 aromatic carbocycles. The van der Waals surface area contributed by atoms with E-state index in [1.165, 1.54) is 12.2 Å². The van der Waals surface area contributed by atoms with Crippen molar-refractivity contribution in [1.29, 1.82) is 0 Å². The summed E-state index contributed by atoms with van der Waals surface area (Å²) in [6.07, 6.45) is 8.15. The standard InChI is InChI=1S/C19H15BrN4O3S/c20-16-12-21-24-18(11-17(23-19(16)24)13-5-2-1-3-6-13)22-14-7-4-8-15(10-9-14)28(25,26)27/h1-6,8-12,22H,7H2,(H,25,26,27). The Morgan fingerprint density at radius 1 is 1.18 bits per heavy atom. The summed E-state index contributed by atoms with van der Waals surface area (Å²) in [5.41, 5.74) is 3.14. The lowest BCUT2D eigenvalue weighted by molar-refractivity contribution is 0.492. The molecular formula is C19H15BrN4O3S. The highest BCUT2D eigenvalue weighted by Crippen LogP contribution is 2.27. The Balaban J connectivity index is 1.78. The van der Waals surface area contributed by atoms with Crippen LogP contribution in [-0.2, 0) is 10.1 Å². The van der Waals surface area contributed by atoms with Gasteiger partial charge in [-0.05, 0) is 34.2 Å². The number of halogens is 1. The van der Waals surface area contributed by atoms with Crippen molar-refractivity contribution in [2.75, 3.05) is 5.32 Å². The van der Waals surface area contributed by atoms with E-state index >= 15 is 0 Å². The highest BCUT2D eigenvalue weighted by atomic mass is 79.9. The topological polar surface area (TPSA) is 96.6 Å². The Labute approximate surface area is 170 Å². The van der Waals surface area contributed by atoms with E-state index in [1.54, 1.807) is 22.9 Å². The van der Waals surface area contributed by atoms with Crippen LogP contribution in [0.2, 0.25) is 0 Å². The Kier molecular flexibility index (Phi) is 4.88. The minimum atomic E-state index is -4.25. The van der Waals surface area contributed by atoms with E-state index < -0.39 is 10.1 Å². The van der Waals surface area contributed by atoms with Crippen LogP contribution in [0.3, 0.4) is 0 Å². The van der Waals surface area contributed by atoms with Crippen LogP contribution >= 0.6 is 15.9 Å². The van der Waals surface area contributed by atoms with Gasteiger partial charge >= 0.3 is 0 Å². The van der Waals surface area contributed by atoms with E-state index in [0.717, 1.165) is 21.4 Å². The first-order valence-electron chi connectivity index (χ1n) is 8.33. The second-order valence-corrected chi connectivity index (χ2v) is 8.36. The third kappa shape index (κ3) is 3.77. The lowest BCUT2D eigenvalue weighted by Gasteiger charge is -2.12. The van der Waals surface area contributed by atoms with Gasteiger partial charge < -0.3 is 5.32 Å². The molecular weight excluding hydrogens is 444 g/mol. The third-order valence-corrected chi connectivity index (χ3v) is 5.58. The molecule has 0 bridgehead atoms. The molecule has 1 aliphatic rings. The molecule has 28 heavy (non-hydrogen) atoms. The van der Waals surface area contributed by atoms with E-state index in [1.807, 2.05) is 36.4 Å². The number of hydrogen-bond acceptors (Lipinski definition) is 5. The van der Waals surface area contributed by atoms with Crippen molar-refractivity contribution < 1.29 is 13.0 Å². The summed E-state index contributed by atoms with van der Waals surface area (Å²) in [5, 5.41) is 7.63. The van der Waals surface area contributed by atoms with Gasteiger partial charge in [-0.25, -0.2) is 4.98 Å². The van der Waals surface area contributed by atoms with Crippen LogP contribution in [0.1, 0.15) is 6.42 Å². The molecule has 0 amide bonds. The lowest BCUT2D eigenvalue weighted by Crippen LogP contribution is -2.06. The van der Waals surface area contributed by atoms with Gasteiger partial charge in [0.15, 0.2) is 5.65 Å². The Morgan fingerprint density at radius 3 is 2.71 bits per heavy atom. The van der Waals surface area contributed by atoms with Crippen LogP contribution in [0.4, 0.5) is 5.82 Å². The highest BCUT2D eigenvalue weighted by molar-refractivity contribution is 9.10. The van der Waals surface area contributed by atoms with E-state index in [2.05, 4.69) is 31.3 Å². The number of aromatic nitrogens is 3. The Hall–Kier alpha value is -2.75. The molecule has 0 saturated carbocycles. The number of hydrogen-bond donors (Lipinski definition) is 2. The van der Waals surface area contributed by atoms with Crippen molar-refractivity contribution in [1.82, 2.24) is 14.6 Å². The summed E-state index contributed by atoms with van der Waals surface area (Å²) in [5.74, 6) is 0.679. The third-order valence-electron chi connectivity index (χ3n) is 4.15. The van der Waals surface area contributed by atoms with Gasteiger partial charge in [-0.3, -0.25) is 4.55 Å². The van der Waals surface area contributed by atoms with E-state index in [-0.39, 0.29) is 4.91 Å². The van der Waals surface area contributed by atoms with Gasteiger partial charge in [0, 0.05) is 23.7 Å². The number of anilines is 1. The number of fused-ring (bicyclic) bond motifs is 1. The van der Waals surface area contributed by atoms with E-state index in [0.29, 0.717) is 17.9 Å². The molecule has 0 radical (unpaired) electrons. The van der Waals surface area contributed by atoms with Crippen LogP contribution in [0.5, 0.6) is 0 Å². The van der Waals surface area contributed by atoms with Crippen molar-refractivity contribution in [3.8, 4) is 11.3 Å². The average Bonchev–Trinajstić information content (AvgIpc) is 2.89. The predicted octanol–water partition coefficient (Wildman–Crippen LogP) is 4.19. The normalized spacial score (nSPS) is 14.5. The fraction of sp³-hybridized carbons (Fsp3) is 0.0526. The summed E-state index contributed by atoms with van der Waals surface area (Å²) < 4.78 is 34.3. The minimum Gasteiger partial charge on any atom is -0.343 e. The van der Waals surface area contributed by atoms with Crippen LogP contribution in [0, 0.1) is 0 Å². The molecule has 2 N–H and O–H groups in total. The summed E-state index contributed by atoms with van der Waals surface area (Å²) in [6.45, 7) is 0. The van der Waals surface area contributed by atoms with Crippen LogP contribution in [-0.4, -0.2) is 27.6 Å². The van der Waals surface area contributed by atoms with E-state index in [4.69, 9.17) is 0 Å². The zero-order chi connectivity index (χ0) is 19.7. The highest BCUT2D eigenvalue weighted by Gasteiger charge is 2.14. The van der Waals surface area contributed by atoms with Gasteiger partial charge in [-0.2, -0.15) is 18.0 Å².